The molecular weight excluding hydrogens is 318 g/mol. The second kappa shape index (κ2) is 8.44. The lowest BCUT2D eigenvalue weighted by Crippen LogP contribution is -2.47. The minimum absolute atomic E-state index is 0.169. The van der Waals surface area contributed by atoms with Crippen molar-refractivity contribution in [3.05, 3.63) is 71.3 Å². The van der Waals surface area contributed by atoms with E-state index in [1.54, 1.807) is 19.1 Å². The molecular formula is C20H23NO4. The van der Waals surface area contributed by atoms with Crippen LogP contribution in [0.15, 0.2) is 54.6 Å². The van der Waals surface area contributed by atoms with Crippen molar-refractivity contribution in [1.82, 2.24) is 5.32 Å². The Labute approximate surface area is 147 Å². The summed E-state index contributed by atoms with van der Waals surface area (Å²) in [5, 5.41) is 12.7. The van der Waals surface area contributed by atoms with Gasteiger partial charge in [0.25, 0.3) is 5.91 Å². The Morgan fingerprint density at radius 3 is 2.40 bits per heavy atom. The zero-order valence-corrected chi connectivity index (χ0v) is 14.5. The second-order valence-corrected chi connectivity index (χ2v) is 6.00. The molecule has 2 N–H and O–H groups in total. The molecule has 0 aliphatic heterocycles. The number of benzene rings is 2. The van der Waals surface area contributed by atoms with Crippen LogP contribution in [0.4, 0.5) is 0 Å². The summed E-state index contributed by atoms with van der Waals surface area (Å²) in [4.78, 5) is 24.2. The third-order valence-electron chi connectivity index (χ3n) is 3.81. The van der Waals surface area contributed by atoms with Crippen LogP contribution in [0, 0.1) is 0 Å². The highest BCUT2D eigenvalue weighted by molar-refractivity contribution is 5.96. The first-order valence-corrected chi connectivity index (χ1v) is 8.23. The van der Waals surface area contributed by atoms with Gasteiger partial charge in [0.2, 0.25) is 0 Å². The molecule has 0 aliphatic carbocycles. The van der Waals surface area contributed by atoms with Crippen LogP contribution >= 0.6 is 0 Å². The summed E-state index contributed by atoms with van der Waals surface area (Å²) in [6.45, 7) is 2.93. The summed E-state index contributed by atoms with van der Waals surface area (Å²) in [6.07, 6.45) is 0.624. The summed E-state index contributed by atoms with van der Waals surface area (Å²) in [7, 11) is 0. The maximum absolute atomic E-state index is 12.5. The molecule has 0 spiro atoms. The predicted octanol–water partition coefficient (Wildman–Crippen LogP) is 2.32. The second-order valence-electron chi connectivity index (χ2n) is 6.00. The van der Waals surface area contributed by atoms with E-state index in [-0.39, 0.29) is 19.1 Å². The first-order valence-electron chi connectivity index (χ1n) is 8.23. The van der Waals surface area contributed by atoms with E-state index < -0.39 is 11.6 Å². The van der Waals surface area contributed by atoms with Gasteiger partial charge in [0.1, 0.15) is 0 Å². The van der Waals surface area contributed by atoms with Gasteiger partial charge in [-0.1, -0.05) is 48.5 Å². The Balaban J connectivity index is 2.08. The van der Waals surface area contributed by atoms with Crippen LogP contribution in [-0.2, 0) is 16.0 Å². The number of carbonyl (C=O) groups is 2. The van der Waals surface area contributed by atoms with Gasteiger partial charge in [0.05, 0.1) is 13.2 Å². The lowest BCUT2D eigenvalue weighted by molar-refractivity contribution is -0.162. The van der Waals surface area contributed by atoms with E-state index in [0.717, 1.165) is 11.1 Å². The Bertz CT molecular complexity index is 725. The molecule has 0 bridgehead atoms. The van der Waals surface area contributed by atoms with Gasteiger partial charge in [-0.15, -0.1) is 0 Å². The molecule has 0 aliphatic rings. The van der Waals surface area contributed by atoms with Crippen molar-refractivity contribution >= 4 is 11.9 Å². The topological polar surface area (TPSA) is 75.6 Å². The number of amides is 1. The number of hydrogen-bond acceptors (Lipinski definition) is 4. The molecule has 0 radical (unpaired) electrons. The lowest BCUT2D eigenvalue weighted by Gasteiger charge is -2.21. The molecule has 0 saturated carbocycles. The fourth-order valence-corrected chi connectivity index (χ4v) is 2.42. The van der Waals surface area contributed by atoms with Crippen LogP contribution in [-0.4, -0.2) is 35.7 Å². The molecule has 5 nitrogen and oxygen atoms in total. The van der Waals surface area contributed by atoms with Crippen molar-refractivity contribution in [1.29, 1.82) is 0 Å². The molecule has 132 valence electrons. The minimum atomic E-state index is -1.76. The molecule has 1 amide bonds. The molecule has 2 rings (SSSR count). The molecule has 2 aromatic rings. The van der Waals surface area contributed by atoms with Crippen LogP contribution in [0.5, 0.6) is 0 Å². The van der Waals surface area contributed by atoms with E-state index >= 15 is 0 Å². The van der Waals surface area contributed by atoms with Crippen LogP contribution in [0.2, 0.25) is 0 Å². The van der Waals surface area contributed by atoms with Gasteiger partial charge >= 0.3 is 5.97 Å². The maximum Gasteiger partial charge on any atom is 0.339 e. The fourth-order valence-electron chi connectivity index (χ4n) is 2.42. The standard InChI is InChI=1S/C20H23NO4/c1-3-25-19(23)20(2,24)14-21-18(22)17-12-8-7-11-16(17)13-15-9-5-4-6-10-15/h4-12,24H,3,13-14H2,1-2H3,(H,21,22). The molecule has 0 fully saturated rings. The summed E-state index contributed by atoms with van der Waals surface area (Å²) >= 11 is 0. The molecule has 0 aromatic heterocycles. The first-order chi connectivity index (χ1) is 11.9. The van der Waals surface area contributed by atoms with Gasteiger partial charge < -0.3 is 15.2 Å². The number of ether oxygens (including phenoxy) is 1. The van der Waals surface area contributed by atoms with Crippen LogP contribution in [0.25, 0.3) is 0 Å². The van der Waals surface area contributed by atoms with E-state index in [1.807, 2.05) is 42.5 Å². The van der Waals surface area contributed by atoms with Crippen molar-refractivity contribution in [2.75, 3.05) is 13.2 Å². The van der Waals surface area contributed by atoms with Crippen LogP contribution in [0.3, 0.4) is 0 Å². The Morgan fingerprint density at radius 1 is 1.08 bits per heavy atom. The van der Waals surface area contributed by atoms with Gasteiger partial charge in [-0.3, -0.25) is 4.79 Å². The molecule has 25 heavy (non-hydrogen) atoms. The average molecular weight is 341 g/mol. The number of carbonyl (C=O) groups excluding carboxylic acids is 2. The highest BCUT2D eigenvalue weighted by Gasteiger charge is 2.32. The van der Waals surface area contributed by atoms with E-state index in [0.29, 0.717) is 12.0 Å². The molecule has 2 aromatic carbocycles. The smallest absolute Gasteiger partial charge is 0.339 e. The van der Waals surface area contributed by atoms with Crippen LogP contribution < -0.4 is 5.32 Å². The lowest BCUT2D eigenvalue weighted by atomic mass is 9.99. The van der Waals surface area contributed by atoms with E-state index in [4.69, 9.17) is 4.74 Å². The van der Waals surface area contributed by atoms with Gasteiger partial charge in [-0.05, 0) is 37.5 Å². The number of hydrogen-bond donors (Lipinski definition) is 2. The van der Waals surface area contributed by atoms with E-state index in [1.165, 1.54) is 6.92 Å². The number of esters is 1. The normalized spacial score (nSPS) is 12.9. The first kappa shape index (κ1) is 18.7. The van der Waals surface area contributed by atoms with Gasteiger partial charge in [0.15, 0.2) is 5.60 Å². The zero-order valence-electron chi connectivity index (χ0n) is 14.5. The minimum Gasteiger partial charge on any atom is -0.464 e. The van der Waals surface area contributed by atoms with Gasteiger partial charge in [-0.2, -0.15) is 0 Å². The Morgan fingerprint density at radius 2 is 1.72 bits per heavy atom. The number of nitrogens with one attached hydrogen (secondary N) is 1. The van der Waals surface area contributed by atoms with Gasteiger partial charge in [-0.25, -0.2) is 4.79 Å². The van der Waals surface area contributed by atoms with Crippen molar-refractivity contribution in [3.8, 4) is 0 Å². The van der Waals surface area contributed by atoms with Crippen molar-refractivity contribution < 1.29 is 19.4 Å². The summed E-state index contributed by atoms with van der Waals surface area (Å²) in [6, 6.07) is 17.1. The number of aliphatic hydroxyl groups is 1. The largest absolute Gasteiger partial charge is 0.464 e. The third kappa shape index (κ3) is 5.16. The summed E-state index contributed by atoms with van der Waals surface area (Å²) in [5.74, 6) is -1.09. The molecule has 1 atom stereocenters. The molecule has 5 heteroatoms. The van der Waals surface area contributed by atoms with Crippen molar-refractivity contribution in [2.45, 2.75) is 25.9 Å². The fraction of sp³-hybridized carbons (Fsp3) is 0.300. The molecule has 1 unspecified atom stereocenters. The van der Waals surface area contributed by atoms with Crippen molar-refractivity contribution in [3.63, 3.8) is 0 Å². The maximum atomic E-state index is 12.5. The van der Waals surface area contributed by atoms with Crippen molar-refractivity contribution in [2.24, 2.45) is 0 Å². The quantitative estimate of drug-likeness (QED) is 0.758. The van der Waals surface area contributed by atoms with Gasteiger partial charge in [0, 0.05) is 5.56 Å². The van der Waals surface area contributed by atoms with E-state index in [2.05, 4.69) is 5.32 Å². The predicted molar refractivity (Wildman–Crippen MR) is 95.3 cm³/mol. The Kier molecular flexibility index (Phi) is 6.31. The monoisotopic (exact) mass is 341 g/mol. The molecule has 0 saturated heterocycles. The Hall–Kier alpha value is -2.66. The van der Waals surface area contributed by atoms with E-state index in [9.17, 15) is 14.7 Å². The SMILES string of the molecule is CCOC(=O)C(C)(O)CNC(=O)c1ccccc1Cc1ccccc1. The average Bonchev–Trinajstić information content (AvgIpc) is 2.61. The zero-order chi connectivity index (χ0) is 18.3. The highest BCUT2D eigenvalue weighted by Crippen LogP contribution is 2.15. The molecule has 0 heterocycles. The third-order valence-corrected chi connectivity index (χ3v) is 3.81. The number of rotatable bonds is 7. The van der Waals surface area contributed by atoms with Crippen LogP contribution in [0.1, 0.15) is 35.3 Å². The summed E-state index contributed by atoms with van der Waals surface area (Å²) in [5.41, 5.74) is 0.731. The summed E-state index contributed by atoms with van der Waals surface area (Å²) < 4.78 is 4.81. The highest BCUT2D eigenvalue weighted by atomic mass is 16.5.